The Balaban J connectivity index is 0.00000300. The normalized spacial score (nSPS) is 14.4. The van der Waals surface area contributed by atoms with E-state index in [2.05, 4.69) is 9.28 Å². The molecule has 0 bridgehead atoms. The summed E-state index contributed by atoms with van der Waals surface area (Å²) in [5.41, 5.74) is 2.60. The molecular formula is C17H16ClN2NaO6S2. The molecule has 0 amide bonds. The molecule has 0 unspecified atom stereocenters. The van der Waals surface area contributed by atoms with Gasteiger partial charge in [0.05, 0.1) is 28.7 Å². The third kappa shape index (κ3) is 6.76. The van der Waals surface area contributed by atoms with Crippen molar-refractivity contribution in [2.45, 2.75) is 11.3 Å². The molecule has 0 spiro atoms. The van der Waals surface area contributed by atoms with Gasteiger partial charge in [-0.1, -0.05) is 23.7 Å². The minimum Gasteiger partial charge on any atom is -0.726 e. The van der Waals surface area contributed by atoms with Gasteiger partial charge in [-0.2, -0.15) is 5.10 Å². The van der Waals surface area contributed by atoms with Crippen LogP contribution in [0.25, 0.3) is 0 Å². The molecule has 1 aliphatic heterocycles. The summed E-state index contributed by atoms with van der Waals surface area (Å²) in [7, 11) is -8.70. The fraction of sp³-hybridized carbons (Fsp3) is 0.235. The molecule has 2 aromatic rings. The number of rotatable bonds is 7. The molecule has 150 valence electrons. The van der Waals surface area contributed by atoms with Gasteiger partial charge in [0.15, 0.2) is 9.84 Å². The van der Waals surface area contributed by atoms with Crippen LogP contribution in [-0.2, 0) is 24.4 Å². The third-order valence-corrected chi connectivity index (χ3v) is 6.45. The smallest absolute Gasteiger partial charge is 0.726 e. The summed E-state index contributed by atoms with van der Waals surface area (Å²) in [6, 6.07) is 13.4. The van der Waals surface area contributed by atoms with Crippen molar-refractivity contribution in [3.05, 3.63) is 59.1 Å². The van der Waals surface area contributed by atoms with Crippen molar-refractivity contribution in [1.29, 1.82) is 0 Å². The fourth-order valence-corrected chi connectivity index (χ4v) is 4.29. The topological polar surface area (TPSA) is 116 Å². The molecule has 2 aromatic carbocycles. The van der Waals surface area contributed by atoms with Gasteiger partial charge in [0, 0.05) is 18.0 Å². The largest absolute Gasteiger partial charge is 1.00 e. The van der Waals surface area contributed by atoms with Crippen LogP contribution >= 0.6 is 11.6 Å². The maximum Gasteiger partial charge on any atom is 1.00 e. The van der Waals surface area contributed by atoms with E-state index in [0.717, 1.165) is 23.4 Å². The second kappa shape index (κ2) is 9.88. The van der Waals surface area contributed by atoms with Crippen molar-refractivity contribution in [3.63, 3.8) is 0 Å². The zero-order valence-corrected chi connectivity index (χ0v) is 19.9. The predicted molar refractivity (Wildman–Crippen MR) is 104 cm³/mol. The first-order valence-electron chi connectivity index (χ1n) is 8.18. The van der Waals surface area contributed by atoms with Crippen LogP contribution in [0, 0.1) is 0 Å². The van der Waals surface area contributed by atoms with Gasteiger partial charge >= 0.3 is 29.6 Å². The number of hydrogen-bond donors (Lipinski definition) is 0. The third-order valence-electron chi connectivity index (χ3n) is 4.05. The molecule has 1 heterocycles. The Morgan fingerprint density at radius 3 is 2.24 bits per heavy atom. The van der Waals surface area contributed by atoms with Gasteiger partial charge in [-0.05, 0) is 42.0 Å². The quantitative estimate of drug-likeness (QED) is 0.298. The van der Waals surface area contributed by atoms with Crippen molar-refractivity contribution in [2.24, 2.45) is 5.10 Å². The first-order chi connectivity index (χ1) is 13.1. The van der Waals surface area contributed by atoms with Gasteiger partial charge in [0.25, 0.3) is 0 Å². The summed E-state index contributed by atoms with van der Waals surface area (Å²) in [4.78, 5) is 0.00393. The van der Waals surface area contributed by atoms with Crippen LogP contribution in [0.1, 0.15) is 12.0 Å². The molecule has 1 aliphatic rings. The molecule has 0 saturated heterocycles. The molecular weight excluding hydrogens is 451 g/mol. The van der Waals surface area contributed by atoms with Gasteiger partial charge < -0.3 is 4.55 Å². The van der Waals surface area contributed by atoms with Crippen molar-refractivity contribution < 1.29 is 55.1 Å². The Bertz CT molecular complexity index is 1090. The average Bonchev–Trinajstić information content (AvgIpc) is 3.11. The maximum atomic E-state index is 12.2. The monoisotopic (exact) mass is 466 g/mol. The van der Waals surface area contributed by atoms with Crippen LogP contribution in [0.15, 0.2) is 58.5 Å². The Hall–Kier alpha value is -0.980. The number of halogens is 1. The molecule has 3 rings (SSSR count). The summed E-state index contributed by atoms with van der Waals surface area (Å²) in [5.74, 6) is -0.615. The minimum absolute atomic E-state index is 0. The van der Waals surface area contributed by atoms with Crippen molar-refractivity contribution in [2.75, 3.05) is 23.9 Å². The van der Waals surface area contributed by atoms with E-state index in [-0.39, 0.29) is 34.5 Å². The van der Waals surface area contributed by atoms with Gasteiger partial charge in [-0.15, -0.1) is 0 Å². The molecule has 0 atom stereocenters. The van der Waals surface area contributed by atoms with Crippen LogP contribution in [0.4, 0.5) is 5.69 Å². The summed E-state index contributed by atoms with van der Waals surface area (Å²) in [6.07, 6.45) is 0.739. The molecule has 0 radical (unpaired) electrons. The zero-order valence-electron chi connectivity index (χ0n) is 15.5. The molecule has 0 aliphatic carbocycles. The standard InChI is InChI=1S/C17H17ClN2O6S2.Na/c18-14-3-1-13(2-4-14)17-9-10-20(19-17)15-5-7-16(8-6-15)27(21,22)12-11-26-28(23,24)25;/h1-8H,9-12H2,(H,23,24,25);/q;+1/p-1. The van der Waals surface area contributed by atoms with Crippen LogP contribution < -0.4 is 34.6 Å². The Labute approximate surface area is 196 Å². The minimum atomic E-state index is -4.92. The summed E-state index contributed by atoms with van der Waals surface area (Å²) in [6.45, 7) is -0.0734. The molecule has 0 saturated carbocycles. The molecule has 29 heavy (non-hydrogen) atoms. The van der Waals surface area contributed by atoms with Crippen molar-refractivity contribution >= 4 is 43.2 Å². The van der Waals surface area contributed by atoms with Crippen molar-refractivity contribution in [3.8, 4) is 0 Å². The van der Waals surface area contributed by atoms with Gasteiger partial charge in [-0.3, -0.25) is 9.19 Å². The first-order valence-corrected chi connectivity index (χ1v) is 11.5. The van der Waals surface area contributed by atoms with E-state index in [4.69, 9.17) is 11.6 Å². The van der Waals surface area contributed by atoms with E-state index in [1.807, 2.05) is 12.1 Å². The molecule has 0 N–H and O–H groups in total. The number of hydrazone groups is 1. The number of hydrogen-bond acceptors (Lipinski definition) is 8. The second-order valence-corrected chi connectivity index (χ2v) is 9.57. The Morgan fingerprint density at radius 2 is 1.66 bits per heavy atom. The van der Waals surface area contributed by atoms with E-state index in [9.17, 15) is 21.4 Å². The van der Waals surface area contributed by atoms with E-state index >= 15 is 0 Å². The first kappa shape index (κ1) is 24.3. The number of benzene rings is 2. The van der Waals surface area contributed by atoms with Crippen molar-refractivity contribution in [1.82, 2.24) is 0 Å². The van der Waals surface area contributed by atoms with Gasteiger partial charge in [0.2, 0.25) is 10.4 Å². The molecule has 8 nitrogen and oxygen atoms in total. The Morgan fingerprint density at radius 1 is 1.03 bits per heavy atom. The number of anilines is 1. The summed E-state index contributed by atoms with van der Waals surface area (Å²) in [5, 5.41) is 6.98. The Kier molecular flexibility index (Phi) is 8.28. The molecule has 0 aromatic heterocycles. The van der Waals surface area contributed by atoms with E-state index in [1.54, 1.807) is 29.3 Å². The summed E-state index contributed by atoms with van der Waals surface area (Å²) < 4.78 is 59.5. The van der Waals surface area contributed by atoms with Gasteiger partial charge in [-0.25, -0.2) is 16.8 Å². The maximum absolute atomic E-state index is 12.2. The van der Waals surface area contributed by atoms with E-state index in [0.29, 0.717) is 11.6 Å². The predicted octanol–water partition coefficient (Wildman–Crippen LogP) is -0.791. The van der Waals surface area contributed by atoms with Crippen LogP contribution in [-0.4, -0.2) is 46.0 Å². The summed E-state index contributed by atoms with van der Waals surface area (Å²) >= 11 is 5.90. The van der Waals surface area contributed by atoms with Crippen LogP contribution in [0.3, 0.4) is 0 Å². The number of sulfone groups is 1. The zero-order chi connectivity index (χ0) is 20.4. The van der Waals surface area contributed by atoms with Crippen LogP contribution in [0.2, 0.25) is 5.02 Å². The average molecular weight is 467 g/mol. The van der Waals surface area contributed by atoms with E-state index < -0.39 is 32.6 Å². The SMILES string of the molecule is O=S(=O)([O-])OCCS(=O)(=O)c1ccc(N2CCC(c3ccc(Cl)cc3)=N2)cc1.[Na+]. The molecule has 0 fully saturated rings. The van der Waals surface area contributed by atoms with Crippen LogP contribution in [0.5, 0.6) is 0 Å². The number of nitrogens with zero attached hydrogens (tertiary/aromatic N) is 2. The second-order valence-electron chi connectivity index (χ2n) is 5.97. The fourth-order valence-electron chi connectivity index (χ4n) is 2.68. The van der Waals surface area contributed by atoms with E-state index in [1.165, 1.54) is 12.1 Å². The van der Waals surface area contributed by atoms with Gasteiger partial charge in [0.1, 0.15) is 0 Å². The molecule has 12 heteroatoms.